The van der Waals surface area contributed by atoms with E-state index in [9.17, 15) is 96.7 Å². The van der Waals surface area contributed by atoms with Crippen LogP contribution in [0.25, 0.3) is 0 Å². The van der Waals surface area contributed by atoms with Crippen molar-refractivity contribution in [3.05, 3.63) is 70.8 Å². The van der Waals surface area contributed by atoms with E-state index in [1.165, 1.54) is 45.1 Å². The summed E-state index contributed by atoms with van der Waals surface area (Å²) in [6.45, 7) is 7.09. The number of amides is 9. The third-order valence-electron chi connectivity index (χ3n) is 17.8. The number of hydrogen-bond donors (Lipinski definition) is 14. The number of carboxylic acids is 2. The largest absolute Gasteiger partial charge is 0.481 e. The topological polar surface area (TPSA) is 464 Å². The van der Waals surface area contributed by atoms with Gasteiger partial charge in [-0.3, -0.25) is 66.8 Å². The van der Waals surface area contributed by atoms with E-state index in [2.05, 4.69) is 37.2 Å². The van der Waals surface area contributed by atoms with Crippen molar-refractivity contribution < 1.29 is 96.7 Å². The van der Waals surface area contributed by atoms with Gasteiger partial charge in [-0.05, 0) is 66.7 Å². The van der Waals surface area contributed by atoms with Crippen LogP contribution in [0.15, 0.2) is 48.5 Å². The zero-order chi connectivity index (χ0) is 75.4. The Morgan fingerprint density at radius 3 is 1.75 bits per heavy atom. The predicted octanol–water partition coefficient (Wildman–Crippen LogP) is 1.65. The van der Waals surface area contributed by atoms with Crippen molar-refractivity contribution in [2.75, 3.05) is 120 Å². The number of urea groups is 1. The highest BCUT2D eigenvalue weighted by Crippen LogP contribution is 2.43. The number of carbonyl (C=O) groups excluding carboxylic acids is 8. The van der Waals surface area contributed by atoms with Gasteiger partial charge in [0, 0.05) is 125 Å². The molecule has 10 atom stereocenters. The molecule has 2 aromatic rings. The van der Waals surface area contributed by atoms with Gasteiger partial charge in [-0.25, -0.2) is 9.59 Å². The maximum Gasteiger partial charge on any atom is 0.327 e. The number of fused-ring (bicyclic) bond motifs is 4. The van der Waals surface area contributed by atoms with Crippen LogP contribution in [0, 0.1) is 5.92 Å². The van der Waals surface area contributed by atoms with E-state index in [0.29, 0.717) is 48.6 Å². The van der Waals surface area contributed by atoms with Gasteiger partial charge in [0.1, 0.15) is 55.0 Å². The summed E-state index contributed by atoms with van der Waals surface area (Å²) in [6, 6.07) is 4.68. The lowest BCUT2D eigenvalue weighted by Gasteiger charge is -2.33. The fourth-order valence-corrected chi connectivity index (χ4v) is 18.7. The Morgan fingerprint density at radius 1 is 0.631 bits per heavy atom. The van der Waals surface area contributed by atoms with Crippen LogP contribution in [0.1, 0.15) is 101 Å². The van der Waals surface area contributed by atoms with Gasteiger partial charge in [0.2, 0.25) is 63.5 Å². The van der Waals surface area contributed by atoms with E-state index >= 15 is 0 Å². The molecule has 4 aliphatic rings. The summed E-state index contributed by atoms with van der Waals surface area (Å²) in [6.07, 6.45) is -2.12. The summed E-state index contributed by atoms with van der Waals surface area (Å²) in [5, 5.41) is 58.3. The molecule has 0 aromatic heterocycles. The molecule has 38 heteroatoms. The second-order valence-corrected chi connectivity index (χ2v) is 36.8. The molecule has 6 rings (SSSR count). The van der Waals surface area contributed by atoms with E-state index in [4.69, 9.17) is 0 Å². The first-order valence-electron chi connectivity index (χ1n) is 34.7. The number of benzene rings is 2. The molecule has 103 heavy (non-hydrogen) atoms. The number of unbranched alkanes of at least 4 members (excludes halogenated alkanes) is 1. The van der Waals surface area contributed by atoms with Crippen molar-refractivity contribution in [3.63, 3.8) is 0 Å². The zero-order valence-corrected chi connectivity index (χ0v) is 63.7. The van der Waals surface area contributed by atoms with Crippen molar-refractivity contribution in [1.82, 2.24) is 61.7 Å². The number of thioether (sulfide) groups is 3. The van der Waals surface area contributed by atoms with Gasteiger partial charge in [-0.1, -0.05) is 75.7 Å². The molecule has 3 saturated heterocycles. The van der Waals surface area contributed by atoms with Gasteiger partial charge < -0.3 is 82.1 Å². The Hall–Kier alpha value is -5.64. The quantitative estimate of drug-likeness (QED) is 0.0446. The van der Waals surface area contributed by atoms with E-state index in [-0.39, 0.29) is 127 Å². The van der Waals surface area contributed by atoms with Crippen molar-refractivity contribution in [2.45, 2.75) is 145 Å². The Bertz CT molecular complexity index is 3340. The lowest BCUT2D eigenvalue weighted by Crippen LogP contribution is -2.60. The molecule has 9 amide bonds. The Morgan fingerprint density at radius 2 is 1.18 bits per heavy atom. The first kappa shape index (κ1) is 86.3. The maximum atomic E-state index is 14.9. The number of rotatable bonds is 27. The van der Waals surface area contributed by atoms with E-state index < -0.39 is 155 Å². The van der Waals surface area contributed by atoms with Gasteiger partial charge in [0.05, 0.1) is 18.9 Å². The fraction of sp³-hybridized carbons (Fsp3) is 0.662. The molecule has 14 N–H and O–H groups in total. The van der Waals surface area contributed by atoms with E-state index in [1.54, 1.807) is 58.9 Å². The highest BCUT2D eigenvalue weighted by Gasteiger charge is 2.45. The number of carboxylic acid groups (broad SMARTS) is 2. The van der Waals surface area contributed by atoms with Gasteiger partial charge in [-0.15, -0.1) is 0 Å². The lowest BCUT2D eigenvalue weighted by molar-refractivity contribution is -0.147. The third-order valence-corrected chi connectivity index (χ3v) is 25.4. The Kier molecular flexibility index (Phi) is 35.7. The highest BCUT2D eigenvalue weighted by atomic mass is 32.2. The minimum atomic E-state index is -4.02. The fourth-order valence-electron chi connectivity index (χ4n) is 12.3. The van der Waals surface area contributed by atoms with E-state index in [1.807, 2.05) is 25.1 Å². The molecular weight excluding hydrogens is 1460 g/mol. The first-order chi connectivity index (χ1) is 48.9. The van der Waals surface area contributed by atoms with Crippen molar-refractivity contribution >= 4 is 117 Å². The van der Waals surface area contributed by atoms with Gasteiger partial charge >= 0.3 is 18.0 Å². The van der Waals surface area contributed by atoms with Crippen LogP contribution in [0.4, 0.5) is 4.79 Å². The Labute approximate surface area is 613 Å². The second kappa shape index (κ2) is 42.6. The normalized spacial score (nSPS) is 24.3. The highest BCUT2D eigenvalue weighted by molar-refractivity contribution is 7.99. The van der Waals surface area contributed by atoms with Crippen LogP contribution < -0.4 is 37.2 Å². The molecule has 0 spiro atoms. The monoisotopic (exact) mass is 1560 g/mol. The number of nitrogens with zero attached hydrogens (tertiary/aromatic N) is 5. The molecule has 576 valence electrons. The number of nitrogens with one attached hydrogen (secondary N) is 7. The molecule has 0 saturated carbocycles. The smallest absolute Gasteiger partial charge is 0.327 e. The summed E-state index contributed by atoms with van der Waals surface area (Å²) in [5.41, 5.74) is 2.93. The molecule has 32 nitrogen and oxygen atoms in total. The van der Waals surface area contributed by atoms with Gasteiger partial charge in [-0.2, -0.15) is 35.3 Å². The molecule has 0 aliphatic carbocycles. The molecule has 3 fully saturated rings. The van der Waals surface area contributed by atoms with Crippen molar-refractivity contribution in [3.8, 4) is 0 Å². The SMILES string of the molecule is CCCCNC(=O)N[C@H]1CSCc2cc(CSCCNC(=O)CCP(=O)(O)CN3CCN(CP(=O)(O)CO)CCN(CP(=O)(O)CO)CC3)cc(c2)CSC[C@@H](C(=O)O)NC(=O)[C@H](Cc2ccccc2)NC(=O)[C@H](CCC(=O)O)NC(=O)[C@H](C(C)C)NC(=O)[C@@H]2CCCN2C(=O)[C@@H]2CCCN2C1=O. The number of aliphatic carboxylic acids is 2. The minimum absolute atomic E-state index is 0.0585. The molecule has 4 heterocycles. The maximum absolute atomic E-state index is 14.9. The lowest BCUT2D eigenvalue weighted by atomic mass is 10.0. The zero-order valence-electron chi connectivity index (χ0n) is 58.6. The predicted molar refractivity (Wildman–Crippen MR) is 392 cm³/mol. The summed E-state index contributed by atoms with van der Waals surface area (Å²) >= 11 is 3.99. The van der Waals surface area contributed by atoms with Gasteiger partial charge in [0.25, 0.3) is 0 Å². The third kappa shape index (κ3) is 29.6. The minimum Gasteiger partial charge on any atom is -0.481 e. The van der Waals surface area contributed by atoms with Crippen LogP contribution in [0.3, 0.4) is 0 Å². The molecule has 2 bridgehead atoms. The number of hydrogen-bond acceptors (Lipinski definition) is 21. The molecule has 4 aliphatic heterocycles. The molecule has 0 radical (unpaired) electrons. The molecular formula is C65H103N12O20P3S3. The van der Waals surface area contributed by atoms with Crippen molar-refractivity contribution in [2.24, 2.45) is 5.92 Å². The van der Waals surface area contributed by atoms with Crippen LogP contribution in [-0.4, -0.2) is 282 Å². The van der Waals surface area contributed by atoms with Crippen LogP contribution >= 0.6 is 57.4 Å². The van der Waals surface area contributed by atoms with Crippen LogP contribution in [0.5, 0.6) is 0 Å². The molecule has 3 unspecified atom stereocenters. The van der Waals surface area contributed by atoms with Crippen LogP contribution in [0.2, 0.25) is 0 Å². The second-order valence-electron chi connectivity index (χ2n) is 26.7. The number of carbonyl (C=O) groups is 10. The summed E-state index contributed by atoms with van der Waals surface area (Å²) in [4.78, 5) is 178. The standard InChI is InChI=1S/C65H103N12O20P3S3/c1-4-5-18-67-65(91)71-51-37-102-35-47-30-46(34-101-29-19-66-55(80)17-28-98(92,93)39-73-22-24-74(40-99(94,95)42-78)26-27-75(25-23-73)41-100(96,97)43-79)31-48(32-47)36-103-38-52(64(89)90)70-59(84)50(33-45-11-7-6-8-12-45)69-58(83)49(15-16-56(81)82)68-61(86)57(44(2)3)72-60(85)53-13-9-20-76(53)63(88)54-14-10-21-77(54)62(51)87/h6-8,11-12,30-32,44,49-54,57,78-79H,4-5,9-10,13-29,33-43H2,1-3H3,(H,66,80)(H,68,86)(H,69,83)(H,70,84)(H,72,85)(H,81,82)(H,89,90)(H,92,93)(H,94,95)(H,96,97)(H2,67,71,91)/t49-,50-,51-,52-,53-,54-,57-/m0/s1. The van der Waals surface area contributed by atoms with E-state index in [0.717, 1.165) is 23.1 Å². The average Bonchev–Trinajstić information content (AvgIpc) is 1.70. The first-order valence-corrected chi connectivity index (χ1v) is 44.2. The Balaban J connectivity index is 1.22. The van der Waals surface area contributed by atoms with Gasteiger partial charge in [0.15, 0.2) is 0 Å². The molecule has 2 aromatic carbocycles. The van der Waals surface area contributed by atoms with Crippen molar-refractivity contribution in [1.29, 1.82) is 0 Å². The number of aliphatic hydroxyl groups excluding tert-OH is 2. The average molecular weight is 1560 g/mol. The summed E-state index contributed by atoms with van der Waals surface area (Å²) in [7, 11) is -12.0. The number of aliphatic hydroxyl groups is 2. The summed E-state index contributed by atoms with van der Waals surface area (Å²) in [5.74, 6) is -6.97. The summed E-state index contributed by atoms with van der Waals surface area (Å²) < 4.78 is 38.6. The van der Waals surface area contributed by atoms with Crippen LogP contribution in [-0.2, 0) is 80.5 Å².